The van der Waals surface area contributed by atoms with E-state index in [0.717, 1.165) is 0 Å². The van der Waals surface area contributed by atoms with Crippen LogP contribution in [0.15, 0.2) is 12.2 Å². The topological polar surface area (TPSA) is 37.3 Å². The van der Waals surface area contributed by atoms with Crippen LogP contribution in [0.3, 0.4) is 0 Å². The van der Waals surface area contributed by atoms with E-state index in [2.05, 4.69) is 0 Å². The molecule has 1 N–H and O–H groups in total. The molecule has 4 aliphatic carbocycles. The Bertz CT molecular complexity index is 776. The van der Waals surface area contributed by atoms with Crippen LogP contribution in [0.1, 0.15) is 0 Å². The van der Waals surface area contributed by atoms with Crippen molar-refractivity contribution in [1.29, 1.82) is 0 Å². The molecule has 4 rings (SSSR count). The van der Waals surface area contributed by atoms with Crippen LogP contribution in [0, 0.1) is 5.41 Å². The number of carbonyl (C=O) groups is 1. The Morgan fingerprint density at radius 2 is 0.700 bits per heavy atom. The zero-order valence-electron chi connectivity index (χ0n) is 13.2. The van der Waals surface area contributed by atoms with Crippen molar-refractivity contribution in [1.82, 2.24) is 0 Å². The largest absolute Gasteiger partial charge is 0.478 e. The van der Waals surface area contributed by atoms with Gasteiger partial charge < -0.3 is 5.11 Å². The maximum Gasteiger partial charge on any atom is 0.339 e. The van der Waals surface area contributed by atoms with E-state index in [9.17, 15) is 70.7 Å². The molecule has 0 heterocycles. The highest BCUT2D eigenvalue weighted by Gasteiger charge is 3.23. The molecule has 17 heteroatoms. The van der Waals surface area contributed by atoms with Crippen LogP contribution in [0.2, 0.25) is 0 Å². The first-order chi connectivity index (χ1) is 12.9. The molecule has 0 spiro atoms. The molecule has 0 radical (unpaired) electrons. The zero-order chi connectivity index (χ0) is 24.2. The van der Waals surface area contributed by atoms with Gasteiger partial charge >= 0.3 is 58.5 Å². The minimum Gasteiger partial charge on any atom is -0.478 e. The first kappa shape index (κ1) is 22.8. The molecule has 4 fully saturated rings. The lowest BCUT2D eigenvalue weighted by molar-refractivity contribution is -0.606. The van der Waals surface area contributed by atoms with E-state index in [0.29, 0.717) is 0 Å². The number of aliphatic carboxylic acids is 1. The van der Waals surface area contributed by atoms with Gasteiger partial charge in [0.15, 0.2) is 0 Å². The van der Waals surface area contributed by atoms with E-state index in [1.54, 1.807) is 6.58 Å². The number of carboxylic acid groups (broad SMARTS) is 1. The Morgan fingerprint density at radius 1 is 0.500 bits per heavy atom. The molecule has 0 aliphatic heterocycles. The lowest BCUT2D eigenvalue weighted by Crippen LogP contribution is -3.07. The van der Waals surface area contributed by atoms with E-state index in [1.165, 1.54) is 0 Å². The number of hydrogen-bond donors (Lipinski definition) is 1. The highest BCUT2D eigenvalue weighted by atomic mass is 19.3. The second-order valence-electron chi connectivity index (χ2n) is 6.96. The second-order valence-corrected chi connectivity index (χ2v) is 6.96. The highest BCUT2D eigenvalue weighted by Crippen LogP contribution is 2.91. The molecule has 4 aliphatic rings. The van der Waals surface area contributed by atoms with Gasteiger partial charge in [-0.05, 0) is 0 Å². The van der Waals surface area contributed by atoms with E-state index in [-0.39, 0.29) is 0 Å². The lowest BCUT2D eigenvalue weighted by atomic mass is 9.35. The van der Waals surface area contributed by atoms with Gasteiger partial charge in [0.1, 0.15) is 0 Å². The summed E-state index contributed by atoms with van der Waals surface area (Å²) in [5.41, 5.74) is -34.1. The third-order valence-corrected chi connectivity index (χ3v) is 6.02. The molecule has 0 aromatic heterocycles. The molecular weight excluding hydrogens is 473 g/mol. The van der Waals surface area contributed by atoms with Gasteiger partial charge in [-0.3, -0.25) is 0 Å². The predicted octanol–water partition coefficient (Wildman–Crippen LogP) is 4.59. The first-order valence-electron chi connectivity index (χ1n) is 7.12. The summed E-state index contributed by atoms with van der Waals surface area (Å²) in [5.74, 6) is -50.6. The summed E-state index contributed by atoms with van der Waals surface area (Å²) in [7, 11) is 0. The minimum atomic E-state index is -7.94. The van der Waals surface area contributed by atoms with Crippen molar-refractivity contribution in [3.63, 3.8) is 0 Å². The van der Waals surface area contributed by atoms with Gasteiger partial charge in [-0.15, -0.1) is 0 Å². The van der Waals surface area contributed by atoms with Gasteiger partial charge in [0.25, 0.3) is 0 Å². The van der Waals surface area contributed by atoms with Crippen molar-refractivity contribution >= 4 is 5.97 Å². The molecule has 30 heavy (non-hydrogen) atoms. The number of carboxylic acids is 1. The lowest BCUT2D eigenvalue weighted by Gasteiger charge is -2.75. The van der Waals surface area contributed by atoms with Gasteiger partial charge in [-0.25, -0.2) is 44.3 Å². The molecule has 0 amide bonds. The van der Waals surface area contributed by atoms with Gasteiger partial charge in [0.05, 0.1) is 5.57 Å². The van der Waals surface area contributed by atoms with Crippen molar-refractivity contribution in [2.45, 2.75) is 52.5 Å². The average molecular weight is 476 g/mol. The molecule has 4 saturated carbocycles. The third kappa shape index (κ3) is 1.23. The number of hydrogen-bond acceptors (Lipinski definition) is 1. The standard InChI is InChI=1S/C13H3F15O2/c1-2(3(29)30)4-8(17,18)5(14)11(23,24)6(15,9(4,19)20)13(27,28)7(16,10(4,21)22)12(5,25)26/h1H2,(H,29,30). The third-order valence-electron chi connectivity index (χ3n) is 6.02. The maximum atomic E-state index is 14.6. The van der Waals surface area contributed by atoms with Gasteiger partial charge in [-0.1, -0.05) is 6.58 Å². The minimum absolute atomic E-state index is 1.69. The Hall–Kier alpha value is -1.84. The van der Waals surface area contributed by atoms with E-state index in [1.807, 2.05) is 0 Å². The summed E-state index contributed by atoms with van der Waals surface area (Å²) in [6.45, 7) is 1.69. The zero-order valence-corrected chi connectivity index (χ0v) is 13.2. The van der Waals surface area contributed by atoms with Crippen LogP contribution < -0.4 is 0 Å². The quantitative estimate of drug-likeness (QED) is 0.468. The summed E-state index contributed by atoms with van der Waals surface area (Å²) in [5, 5.41) is 8.55. The van der Waals surface area contributed by atoms with Crippen LogP contribution in [0.25, 0.3) is 0 Å². The fraction of sp³-hybridized carbons (Fsp3) is 0.769. The molecule has 4 bridgehead atoms. The molecule has 0 atom stereocenters. The van der Waals surface area contributed by atoms with Crippen LogP contribution in [0.4, 0.5) is 65.9 Å². The van der Waals surface area contributed by atoms with Crippen molar-refractivity contribution < 1.29 is 75.8 Å². The van der Waals surface area contributed by atoms with E-state index in [4.69, 9.17) is 5.11 Å². The number of alkyl halides is 15. The monoisotopic (exact) mass is 476 g/mol. The summed E-state index contributed by atoms with van der Waals surface area (Å²) < 4.78 is 215. The molecule has 2 nitrogen and oxygen atoms in total. The fourth-order valence-corrected chi connectivity index (χ4v) is 4.58. The molecular formula is C13H3F15O2. The number of rotatable bonds is 2. The summed E-state index contributed by atoms with van der Waals surface area (Å²) in [6, 6.07) is 0. The van der Waals surface area contributed by atoms with Crippen LogP contribution in [0.5, 0.6) is 0 Å². The van der Waals surface area contributed by atoms with Gasteiger partial charge in [0.2, 0.25) is 5.41 Å². The van der Waals surface area contributed by atoms with E-state index >= 15 is 0 Å². The SMILES string of the molecule is C=C(C(=O)O)C12C(F)(F)C3(F)C(F)(F)C(F)(C(F)(F)C(F)(C3(F)F)C1(F)F)C2(F)F. The van der Waals surface area contributed by atoms with Crippen LogP contribution in [-0.2, 0) is 4.79 Å². The van der Waals surface area contributed by atoms with Crippen LogP contribution >= 0.6 is 0 Å². The fourth-order valence-electron chi connectivity index (χ4n) is 4.58. The van der Waals surface area contributed by atoms with Gasteiger partial charge in [0, 0.05) is 0 Å². The van der Waals surface area contributed by atoms with Crippen molar-refractivity contribution in [2.24, 2.45) is 5.41 Å². The second kappa shape index (κ2) is 4.52. The smallest absolute Gasteiger partial charge is 0.339 e. The molecule has 0 aromatic rings. The number of halogens is 15. The van der Waals surface area contributed by atoms with Crippen molar-refractivity contribution in [3.05, 3.63) is 12.2 Å². The first-order valence-corrected chi connectivity index (χ1v) is 7.12. The Labute approximate surface area is 153 Å². The van der Waals surface area contributed by atoms with E-state index < -0.39 is 69.5 Å². The van der Waals surface area contributed by atoms with Gasteiger partial charge in [-0.2, -0.15) is 26.3 Å². The predicted molar refractivity (Wildman–Crippen MR) is 60.4 cm³/mol. The van der Waals surface area contributed by atoms with Crippen molar-refractivity contribution in [3.8, 4) is 0 Å². The summed E-state index contributed by atoms with van der Waals surface area (Å²) in [6.07, 6.45) is 0. The molecule has 0 aromatic carbocycles. The molecule has 172 valence electrons. The van der Waals surface area contributed by atoms with Crippen LogP contribution in [-0.4, -0.2) is 63.6 Å². The summed E-state index contributed by atoms with van der Waals surface area (Å²) >= 11 is 0. The highest BCUT2D eigenvalue weighted by molar-refractivity contribution is 5.89. The Morgan fingerprint density at radius 3 is 0.867 bits per heavy atom. The Balaban J connectivity index is 2.79. The Kier molecular flexibility index (Phi) is 3.44. The average Bonchev–Trinajstić information content (AvgIpc) is 2.54. The normalized spacial score (nSPS) is 47.7. The molecule has 0 saturated heterocycles. The van der Waals surface area contributed by atoms with Crippen molar-refractivity contribution in [2.75, 3.05) is 0 Å². The summed E-state index contributed by atoms with van der Waals surface area (Å²) in [4.78, 5) is 10.8. The maximum absolute atomic E-state index is 14.6. The molecule has 0 unspecified atom stereocenters.